The van der Waals surface area contributed by atoms with Gasteiger partial charge >= 0.3 is 0 Å². The highest BCUT2D eigenvalue weighted by Gasteiger charge is 2.42. The van der Waals surface area contributed by atoms with Gasteiger partial charge in [-0.25, -0.2) is 9.37 Å². The number of rotatable bonds is 3. The number of anilines is 1. The van der Waals surface area contributed by atoms with E-state index in [0.29, 0.717) is 17.3 Å². The molecule has 0 aliphatic carbocycles. The van der Waals surface area contributed by atoms with Crippen LogP contribution in [0, 0.1) is 12.7 Å². The molecule has 2 aromatic rings. The lowest BCUT2D eigenvalue weighted by Gasteiger charge is -2.19. The third kappa shape index (κ3) is 2.85. The predicted molar refractivity (Wildman–Crippen MR) is 82.5 cm³/mol. The molecule has 114 valence electrons. The van der Waals surface area contributed by atoms with Crippen molar-refractivity contribution in [2.75, 3.05) is 5.32 Å². The number of carbonyl (C=O) groups is 1. The summed E-state index contributed by atoms with van der Waals surface area (Å²) in [5.41, 5.74) is 0.263. The molecule has 0 saturated heterocycles. The molecule has 5 nitrogen and oxygen atoms in total. The second-order valence-corrected chi connectivity index (χ2v) is 6.51. The first-order valence-electron chi connectivity index (χ1n) is 6.71. The van der Waals surface area contributed by atoms with E-state index in [9.17, 15) is 9.18 Å². The van der Waals surface area contributed by atoms with Crippen molar-refractivity contribution < 1.29 is 14.0 Å². The number of aromatic nitrogens is 1. The fourth-order valence-electron chi connectivity index (χ4n) is 2.10. The summed E-state index contributed by atoms with van der Waals surface area (Å²) in [7, 11) is 0. The standard InChI is InChI=1S/C15H14FN3O2S/c1-9-8-17-14(22-9)18-13(20)15(2)7-12(19-21-15)10-3-5-11(16)6-4-10/h3-6,8H,7H2,1-2H3,(H,17,18,20)/t15-/m1/s1. The lowest BCUT2D eigenvalue weighted by atomic mass is 9.95. The van der Waals surface area contributed by atoms with E-state index in [1.807, 2.05) is 6.92 Å². The fourth-order valence-corrected chi connectivity index (χ4v) is 2.76. The number of hydrogen-bond acceptors (Lipinski definition) is 5. The van der Waals surface area contributed by atoms with E-state index in [2.05, 4.69) is 15.5 Å². The lowest BCUT2D eigenvalue weighted by molar-refractivity contribution is -0.135. The number of thiazole rings is 1. The number of aryl methyl sites for hydroxylation is 1. The lowest BCUT2D eigenvalue weighted by Crippen LogP contribution is -2.40. The van der Waals surface area contributed by atoms with E-state index in [0.717, 1.165) is 10.4 Å². The zero-order valence-electron chi connectivity index (χ0n) is 12.1. The third-order valence-electron chi connectivity index (χ3n) is 3.36. The van der Waals surface area contributed by atoms with E-state index < -0.39 is 5.60 Å². The number of halogens is 1. The van der Waals surface area contributed by atoms with Crippen LogP contribution in [0.1, 0.15) is 23.8 Å². The first-order valence-corrected chi connectivity index (χ1v) is 7.53. The van der Waals surface area contributed by atoms with Crippen LogP contribution in [0.25, 0.3) is 0 Å². The minimum atomic E-state index is -1.09. The number of nitrogens with one attached hydrogen (secondary N) is 1. The molecule has 1 amide bonds. The number of oxime groups is 1. The molecule has 0 spiro atoms. The Morgan fingerprint density at radius 2 is 2.14 bits per heavy atom. The molecule has 0 fully saturated rings. The fraction of sp³-hybridized carbons (Fsp3) is 0.267. The molecule has 22 heavy (non-hydrogen) atoms. The Kier molecular flexibility index (Phi) is 3.66. The molecule has 1 atom stereocenters. The maximum absolute atomic E-state index is 13.0. The SMILES string of the molecule is Cc1cnc(NC(=O)[C@@]2(C)CC(c3ccc(F)cc3)=NO2)s1. The average molecular weight is 319 g/mol. The average Bonchev–Trinajstić information content (AvgIpc) is 3.07. The van der Waals surface area contributed by atoms with Gasteiger partial charge in [0, 0.05) is 17.5 Å². The van der Waals surface area contributed by atoms with Crippen LogP contribution in [0.15, 0.2) is 35.6 Å². The first kappa shape index (κ1) is 14.6. The van der Waals surface area contributed by atoms with E-state index in [1.165, 1.54) is 23.5 Å². The Bertz CT molecular complexity index is 742. The van der Waals surface area contributed by atoms with Gasteiger partial charge in [0.1, 0.15) is 5.82 Å². The highest BCUT2D eigenvalue weighted by Crippen LogP contribution is 2.29. The van der Waals surface area contributed by atoms with Gasteiger partial charge < -0.3 is 4.84 Å². The summed E-state index contributed by atoms with van der Waals surface area (Å²) in [6, 6.07) is 5.94. The Morgan fingerprint density at radius 3 is 2.77 bits per heavy atom. The largest absolute Gasteiger partial charge is 0.379 e. The Balaban J connectivity index is 1.71. The summed E-state index contributed by atoms with van der Waals surface area (Å²) in [5.74, 6) is -0.620. The van der Waals surface area contributed by atoms with Gasteiger partial charge in [-0.05, 0) is 31.5 Å². The molecular formula is C15H14FN3O2S. The molecule has 1 aromatic carbocycles. The van der Waals surface area contributed by atoms with Crippen LogP contribution in [0.4, 0.5) is 9.52 Å². The van der Waals surface area contributed by atoms with Crippen LogP contribution in [-0.4, -0.2) is 22.2 Å². The van der Waals surface area contributed by atoms with Crippen molar-refractivity contribution in [3.05, 3.63) is 46.7 Å². The van der Waals surface area contributed by atoms with Gasteiger partial charge in [0.05, 0.1) is 5.71 Å². The zero-order valence-corrected chi connectivity index (χ0v) is 12.9. The molecule has 1 aliphatic rings. The molecule has 2 heterocycles. The molecular weight excluding hydrogens is 305 g/mol. The van der Waals surface area contributed by atoms with Crippen LogP contribution in [0.2, 0.25) is 0 Å². The van der Waals surface area contributed by atoms with E-state index >= 15 is 0 Å². The van der Waals surface area contributed by atoms with E-state index in [-0.39, 0.29) is 11.7 Å². The Labute approximate surface area is 130 Å². The number of carbonyl (C=O) groups excluding carboxylic acids is 1. The van der Waals surface area contributed by atoms with Crippen LogP contribution in [0.3, 0.4) is 0 Å². The smallest absolute Gasteiger partial charge is 0.273 e. The van der Waals surface area contributed by atoms with Crippen molar-refractivity contribution >= 4 is 28.1 Å². The van der Waals surface area contributed by atoms with Gasteiger partial charge in [0.25, 0.3) is 5.91 Å². The highest BCUT2D eigenvalue weighted by molar-refractivity contribution is 7.15. The van der Waals surface area contributed by atoms with Gasteiger partial charge in [-0.2, -0.15) is 0 Å². The summed E-state index contributed by atoms with van der Waals surface area (Å²) in [4.78, 5) is 22.8. The minimum Gasteiger partial charge on any atom is -0.379 e. The predicted octanol–water partition coefficient (Wildman–Crippen LogP) is 3.11. The molecule has 0 bridgehead atoms. The van der Waals surface area contributed by atoms with E-state index in [4.69, 9.17) is 4.84 Å². The zero-order chi connectivity index (χ0) is 15.7. The molecule has 1 N–H and O–H groups in total. The second-order valence-electron chi connectivity index (χ2n) is 5.27. The van der Waals surface area contributed by atoms with Crippen molar-refractivity contribution in [3.8, 4) is 0 Å². The molecule has 1 aromatic heterocycles. The third-order valence-corrected chi connectivity index (χ3v) is 4.19. The quantitative estimate of drug-likeness (QED) is 0.945. The van der Waals surface area contributed by atoms with Gasteiger partial charge in [0.2, 0.25) is 5.60 Å². The summed E-state index contributed by atoms with van der Waals surface area (Å²) in [5, 5.41) is 7.24. The number of hydrogen-bond donors (Lipinski definition) is 1. The summed E-state index contributed by atoms with van der Waals surface area (Å²) in [6.45, 7) is 3.58. The minimum absolute atomic E-state index is 0.303. The van der Waals surface area contributed by atoms with Crippen molar-refractivity contribution in [2.45, 2.75) is 25.9 Å². The Hall–Kier alpha value is -2.28. The topological polar surface area (TPSA) is 63.6 Å². The highest BCUT2D eigenvalue weighted by atomic mass is 32.1. The van der Waals surface area contributed by atoms with Gasteiger partial charge in [-0.1, -0.05) is 17.3 Å². The van der Waals surface area contributed by atoms with Crippen LogP contribution in [-0.2, 0) is 9.63 Å². The van der Waals surface area contributed by atoms with Crippen LogP contribution < -0.4 is 5.32 Å². The van der Waals surface area contributed by atoms with E-state index in [1.54, 1.807) is 25.3 Å². The molecule has 0 radical (unpaired) electrons. The Morgan fingerprint density at radius 1 is 1.41 bits per heavy atom. The van der Waals surface area contributed by atoms with Gasteiger partial charge in [-0.3, -0.25) is 10.1 Å². The maximum atomic E-state index is 13.0. The molecule has 3 rings (SSSR count). The van der Waals surface area contributed by atoms with Crippen LogP contribution in [0.5, 0.6) is 0 Å². The van der Waals surface area contributed by atoms with Crippen LogP contribution >= 0.6 is 11.3 Å². The normalized spacial score (nSPS) is 20.4. The van der Waals surface area contributed by atoms with Crippen molar-refractivity contribution in [1.82, 2.24) is 4.98 Å². The molecule has 0 unspecified atom stereocenters. The van der Waals surface area contributed by atoms with Gasteiger partial charge in [0.15, 0.2) is 5.13 Å². The van der Waals surface area contributed by atoms with Gasteiger partial charge in [-0.15, -0.1) is 11.3 Å². The summed E-state index contributed by atoms with van der Waals surface area (Å²) in [6.07, 6.45) is 2.01. The van der Waals surface area contributed by atoms with Crippen molar-refractivity contribution in [2.24, 2.45) is 5.16 Å². The summed E-state index contributed by atoms with van der Waals surface area (Å²) >= 11 is 1.39. The number of benzene rings is 1. The monoisotopic (exact) mass is 319 g/mol. The number of nitrogens with zero attached hydrogens (tertiary/aromatic N) is 2. The molecule has 7 heteroatoms. The number of amides is 1. The van der Waals surface area contributed by atoms with Crippen molar-refractivity contribution in [3.63, 3.8) is 0 Å². The molecule has 0 saturated carbocycles. The first-order chi connectivity index (χ1) is 10.5. The maximum Gasteiger partial charge on any atom is 0.273 e. The second kappa shape index (κ2) is 5.49. The molecule has 1 aliphatic heterocycles. The summed E-state index contributed by atoms with van der Waals surface area (Å²) < 4.78 is 13.0. The van der Waals surface area contributed by atoms with Crippen molar-refractivity contribution in [1.29, 1.82) is 0 Å².